The molecule has 30 heavy (non-hydrogen) atoms. The van der Waals surface area contributed by atoms with Crippen LogP contribution in [0.1, 0.15) is 37.4 Å². The van der Waals surface area contributed by atoms with Crippen molar-refractivity contribution < 1.29 is 9.53 Å². The Morgan fingerprint density at radius 2 is 1.70 bits per heavy atom. The van der Waals surface area contributed by atoms with Crippen LogP contribution in [0.3, 0.4) is 0 Å². The molecule has 170 valence electrons. The maximum Gasteiger partial charge on any atom is 0.223 e. The molecule has 4 rings (SSSR count). The van der Waals surface area contributed by atoms with Crippen molar-refractivity contribution in [1.82, 2.24) is 14.7 Å². The van der Waals surface area contributed by atoms with Gasteiger partial charge in [-0.2, -0.15) is 0 Å². The van der Waals surface area contributed by atoms with Crippen molar-refractivity contribution in [2.75, 3.05) is 46.3 Å². The summed E-state index contributed by atoms with van der Waals surface area (Å²) in [5.41, 5.74) is 2.79. The number of aryl methyl sites for hydroxylation is 1. The molecule has 3 aliphatic heterocycles. The highest BCUT2D eigenvalue weighted by Gasteiger charge is 2.47. The van der Waals surface area contributed by atoms with Crippen LogP contribution in [0, 0.1) is 18.8 Å². The van der Waals surface area contributed by atoms with Gasteiger partial charge >= 0.3 is 0 Å². The molecule has 0 aromatic heterocycles. The minimum atomic E-state index is 0. The number of nitrogens with zero attached hydrogens (tertiary/aromatic N) is 3. The molecule has 0 N–H and O–H groups in total. The average molecular weight is 458 g/mol. The van der Waals surface area contributed by atoms with Crippen LogP contribution in [0.25, 0.3) is 0 Å². The molecule has 5 atom stereocenters. The Balaban J connectivity index is 0.00000160. The summed E-state index contributed by atoms with van der Waals surface area (Å²) in [7, 11) is 2.24. The number of hydrogen-bond donors (Lipinski definition) is 0. The van der Waals surface area contributed by atoms with E-state index in [4.69, 9.17) is 4.74 Å². The highest BCUT2D eigenvalue weighted by atomic mass is 35.5. The van der Waals surface area contributed by atoms with E-state index in [1.807, 2.05) is 0 Å². The summed E-state index contributed by atoms with van der Waals surface area (Å²) in [5, 5.41) is 0. The molecule has 3 saturated heterocycles. The fourth-order valence-electron chi connectivity index (χ4n) is 5.73. The molecule has 0 aliphatic carbocycles. The van der Waals surface area contributed by atoms with Crippen LogP contribution in [-0.2, 0) is 9.53 Å². The number of amides is 1. The fraction of sp³-hybridized carbons (Fsp3) is 0.696. The third kappa shape index (κ3) is 5.31. The van der Waals surface area contributed by atoms with E-state index < -0.39 is 0 Å². The quantitative estimate of drug-likeness (QED) is 0.693. The van der Waals surface area contributed by atoms with Gasteiger partial charge in [-0.3, -0.25) is 14.6 Å². The van der Waals surface area contributed by atoms with E-state index >= 15 is 0 Å². The first kappa shape index (κ1) is 25.4. The van der Waals surface area contributed by atoms with Gasteiger partial charge in [-0.1, -0.05) is 24.3 Å². The lowest BCUT2D eigenvalue weighted by molar-refractivity contribution is -0.131. The first-order valence-corrected chi connectivity index (χ1v) is 10.8. The van der Waals surface area contributed by atoms with Crippen LogP contribution < -0.4 is 0 Å². The molecule has 0 unspecified atom stereocenters. The number of fused-ring (bicyclic) bond motifs is 1. The summed E-state index contributed by atoms with van der Waals surface area (Å²) < 4.78 is 5.81. The van der Waals surface area contributed by atoms with Gasteiger partial charge in [-0.25, -0.2) is 0 Å². The third-order valence-corrected chi connectivity index (χ3v) is 6.89. The van der Waals surface area contributed by atoms with Gasteiger partial charge in [0.25, 0.3) is 0 Å². The Labute approximate surface area is 193 Å². The first-order valence-electron chi connectivity index (χ1n) is 10.8. The maximum absolute atomic E-state index is 12.9. The summed E-state index contributed by atoms with van der Waals surface area (Å²) >= 11 is 0. The van der Waals surface area contributed by atoms with Crippen LogP contribution in [0.4, 0.5) is 0 Å². The molecule has 1 aromatic carbocycles. The molecule has 0 saturated carbocycles. The van der Waals surface area contributed by atoms with Crippen molar-refractivity contribution in [3.8, 4) is 0 Å². The van der Waals surface area contributed by atoms with E-state index in [0.29, 0.717) is 30.2 Å². The van der Waals surface area contributed by atoms with Gasteiger partial charge in [0, 0.05) is 57.6 Å². The lowest BCUT2D eigenvalue weighted by atomic mass is 9.88. The topological polar surface area (TPSA) is 36.0 Å². The predicted octanol–water partition coefficient (Wildman–Crippen LogP) is 3.40. The summed E-state index contributed by atoms with van der Waals surface area (Å²) in [6.45, 7) is 12.1. The number of carbonyl (C=O) groups is 1. The SMILES string of the molecule is Cc1ccccc1[C@H]1[C@@H]2CN(C(=O)CCN3C[C@@H](C)O[C@@H](C)C3)C[C@@H]2CN1C.Cl.Cl. The maximum atomic E-state index is 12.9. The van der Waals surface area contributed by atoms with E-state index in [1.165, 1.54) is 11.1 Å². The Kier molecular flexibility index (Phi) is 9.02. The van der Waals surface area contributed by atoms with E-state index in [2.05, 4.69) is 66.8 Å². The summed E-state index contributed by atoms with van der Waals surface area (Å²) in [4.78, 5) is 20.0. The fourth-order valence-corrected chi connectivity index (χ4v) is 5.73. The number of carbonyl (C=O) groups excluding carboxylic acids is 1. The van der Waals surface area contributed by atoms with Crippen LogP contribution in [0.5, 0.6) is 0 Å². The van der Waals surface area contributed by atoms with Crippen molar-refractivity contribution in [2.24, 2.45) is 11.8 Å². The standard InChI is InChI=1S/C23H35N3O2.2ClH/c1-16-7-5-6-8-20(16)23-21-15-26(14-19(21)13-24(23)4)22(27)9-10-25-11-17(2)28-18(3)12-25;;/h5-8,17-19,21,23H,9-15H2,1-4H3;2*1H/t17-,18+,19-,21+,23-;;/m0../s1. The van der Waals surface area contributed by atoms with E-state index in [-0.39, 0.29) is 37.0 Å². The highest BCUT2D eigenvalue weighted by Crippen LogP contribution is 2.44. The normalized spacial score (nSPS) is 31.7. The Bertz CT molecular complexity index is 709. The van der Waals surface area contributed by atoms with Crippen LogP contribution in [0.2, 0.25) is 0 Å². The smallest absolute Gasteiger partial charge is 0.223 e. The molecular weight excluding hydrogens is 421 g/mol. The monoisotopic (exact) mass is 457 g/mol. The van der Waals surface area contributed by atoms with Gasteiger partial charge in [0.1, 0.15) is 0 Å². The molecule has 5 nitrogen and oxygen atoms in total. The molecule has 3 fully saturated rings. The number of benzene rings is 1. The Morgan fingerprint density at radius 1 is 1.03 bits per heavy atom. The lowest BCUT2D eigenvalue weighted by Crippen LogP contribution is -2.46. The average Bonchev–Trinajstić information content (AvgIpc) is 3.16. The van der Waals surface area contributed by atoms with Gasteiger partial charge in [0.15, 0.2) is 0 Å². The molecule has 1 amide bonds. The number of halogens is 2. The van der Waals surface area contributed by atoms with Crippen molar-refractivity contribution in [3.05, 3.63) is 35.4 Å². The molecule has 1 aromatic rings. The third-order valence-electron chi connectivity index (χ3n) is 6.89. The molecule has 0 radical (unpaired) electrons. The van der Waals surface area contributed by atoms with Crippen LogP contribution in [-0.4, -0.2) is 79.1 Å². The highest BCUT2D eigenvalue weighted by molar-refractivity contribution is 5.85. The molecule has 0 bridgehead atoms. The Hall–Kier alpha value is -0.850. The molecule has 3 heterocycles. The van der Waals surface area contributed by atoms with E-state index in [1.54, 1.807) is 0 Å². The van der Waals surface area contributed by atoms with Crippen molar-refractivity contribution in [1.29, 1.82) is 0 Å². The number of rotatable bonds is 4. The van der Waals surface area contributed by atoms with Crippen LogP contribution >= 0.6 is 24.8 Å². The second-order valence-corrected chi connectivity index (χ2v) is 9.23. The Morgan fingerprint density at radius 3 is 2.37 bits per heavy atom. The summed E-state index contributed by atoms with van der Waals surface area (Å²) in [5.74, 6) is 1.48. The number of hydrogen-bond acceptors (Lipinski definition) is 4. The first-order chi connectivity index (χ1) is 13.4. The molecule has 0 spiro atoms. The number of likely N-dealkylation sites (tertiary alicyclic amines) is 2. The van der Waals surface area contributed by atoms with Crippen LogP contribution in [0.15, 0.2) is 24.3 Å². The minimum Gasteiger partial charge on any atom is -0.373 e. The summed E-state index contributed by atoms with van der Waals surface area (Å²) in [6.07, 6.45) is 1.15. The summed E-state index contributed by atoms with van der Waals surface area (Å²) in [6, 6.07) is 9.17. The van der Waals surface area contributed by atoms with Gasteiger partial charge in [-0.15, -0.1) is 24.8 Å². The largest absolute Gasteiger partial charge is 0.373 e. The second-order valence-electron chi connectivity index (χ2n) is 9.23. The predicted molar refractivity (Wildman–Crippen MR) is 126 cm³/mol. The van der Waals surface area contributed by atoms with Crippen molar-refractivity contribution >= 4 is 30.7 Å². The number of morpholine rings is 1. The zero-order valence-corrected chi connectivity index (χ0v) is 20.3. The van der Waals surface area contributed by atoms with Gasteiger partial charge in [0.2, 0.25) is 5.91 Å². The molecule has 7 heteroatoms. The van der Waals surface area contributed by atoms with Gasteiger partial charge < -0.3 is 9.64 Å². The molecular formula is C23H37Cl2N3O2. The molecule has 3 aliphatic rings. The van der Waals surface area contributed by atoms with Gasteiger partial charge in [0.05, 0.1) is 12.2 Å². The van der Waals surface area contributed by atoms with E-state index in [9.17, 15) is 4.79 Å². The number of ether oxygens (including phenoxy) is 1. The van der Waals surface area contributed by atoms with Crippen molar-refractivity contribution in [3.63, 3.8) is 0 Å². The zero-order chi connectivity index (χ0) is 19.8. The lowest BCUT2D eigenvalue weighted by Gasteiger charge is -2.35. The van der Waals surface area contributed by atoms with Gasteiger partial charge in [-0.05, 0) is 44.9 Å². The second kappa shape index (κ2) is 10.6. The van der Waals surface area contributed by atoms with E-state index in [0.717, 1.165) is 39.3 Å². The zero-order valence-electron chi connectivity index (χ0n) is 18.6. The van der Waals surface area contributed by atoms with Crippen molar-refractivity contribution in [2.45, 2.75) is 45.4 Å². The minimum absolute atomic E-state index is 0.